The van der Waals surface area contributed by atoms with Crippen LogP contribution in [0.2, 0.25) is 0 Å². The van der Waals surface area contributed by atoms with Gasteiger partial charge in [0.15, 0.2) is 0 Å². The van der Waals surface area contributed by atoms with Crippen molar-refractivity contribution in [1.29, 1.82) is 0 Å². The van der Waals surface area contributed by atoms with Crippen LogP contribution >= 0.6 is 0 Å². The summed E-state index contributed by atoms with van der Waals surface area (Å²) in [4.78, 5) is 11.0. The number of carboxylic acid groups (broad SMARTS) is 1. The highest BCUT2D eigenvalue weighted by atomic mass is 16.5. The van der Waals surface area contributed by atoms with E-state index in [1.807, 2.05) is 0 Å². The van der Waals surface area contributed by atoms with Crippen LogP contribution in [0.25, 0.3) is 0 Å². The smallest absolute Gasteiger partial charge is 0.325 e. The van der Waals surface area contributed by atoms with E-state index >= 15 is 0 Å². The van der Waals surface area contributed by atoms with E-state index in [2.05, 4.69) is 0 Å². The highest BCUT2D eigenvalue weighted by Crippen LogP contribution is 2.57. The Kier molecular flexibility index (Phi) is 2.72. The van der Waals surface area contributed by atoms with Crippen molar-refractivity contribution in [3.8, 4) is 0 Å². The lowest BCUT2D eigenvalue weighted by molar-refractivity contribution is -0.176. The van der Waals surface area contributed by atoms with Crippen LogP contribution in [0.15, 0.2) is 0 Å². The van der Waals surface area contributed by atoms with Crippen LogP contribution in [0.1, 0.15) is 45.4 Å². The molecule has 18 heavy (non-hydrogen) atoms. The molecule has 0 aromatic rings. The van der Waals surface area contributed by atoms with Gasteiger partial charge in [0.25, 0.3) is 0 Å². The van der Waals surface area contributed by atoms with E-state index in [0.717, 1.165) is 37.0 Å². The third kappa shape index (κ3) is 2.05. The Balaban J connectivity index is 1.67. The first-order valence-corrected chi connectivity index (χ1v) is 7.05. The Labute approximate surface area is 108 Å². The van der Waals surface area contributed by atoms with Crippen molar-refractivity contribution < 1.29 is 14.6 Å². The van der Waals surface area contributed by atoms with Crippen LogP contribution in [0.4, 0.5) is 0 Å². The third-order valence-electron chi connectivity index (χ3n) is 5.15. The van der Waals surface area contributed by atoms with Crippen LogP contribution < -0.4 is 5.73 Å². The molecule has 0 spiro atoms. The summed E-state index contributed by atoms with van der Waals surface area (Å²) in [6.45, 7) is 1.67. The summed E-state index contributed by atoms with van der Waals surface area (Å²) < 4.78 is 6.06. The Morgan fingerprint density at radius 1 is 1.28 bits per heavy atom. The Morgan fingerprint density at radius 2 is 1.72 bits per heavy atom. The molecule has 4 rings (SSSR count). The molecular weight excluding hydrogens is 230 g/mol. The van der Waals surface area contributed by atoms with Gasteiger partial charge in [0.2, 0.25) is 0 Å². The molecule has 4 saturated carbocycles. The zero-order chi connectivity index (χ0) is 13.0. The zero-order valence-corrected chi connectivity index (χ0v) is 11.0. The molecule has 4 nitrogen and oxygen atoms in total. The van der Waals surface area contributed by atoms with Gasteiger partial charge in [-0.15, -0.1) is 0 Å². The molecule has 0 amide bonds. The molecule has 4 bridgehead atoms. The topological polar surface area (TPSA) is 72.5 Å². The molecule has 0 aromatic heterocycles. The summed E-state index contributed by atoms with van der Waals surface area (Å²) in [5.41, 5.74) is 4.45. The van der Waals surface area contributed by atoms with Gasteiger partial charge < -0.3 is 15.6 Å². The molecule has 0 aromatic carbocycles. The quantitative estimate of drug-likeness (QED) is 0.801. The van der Waals surface area contributed by atoms with Gasteiger partial charge in [0.1, 0.15) is 5.54 Å². The lowest BCUT2D eigenvalue weighted by atomic mass is 9.54. The molecule has 4 fully saturated rings. The van der Waals surface area contributed by atoms with Gasteiger partial charge in [-0.05, 0) is 63.2 Å². The molecule has 4 aliphatic rings. The second kappa shape index (κ2) is 3.94. The van der Waals surface area contributed by atoms with E-state index in [4.69, 9.17) is 15.6 Å². The van der Waals surface area contributed by atoms with Crippen LogP contribution in [-0.2, 0) is 9.53 Å². The van der Waals surface area contributed by atoms with Crippen LogP contribution in [-0.4, -0.2) is 28.8 Å². The number of carboxylic acids is 1. The first kappa shape index (κ1) is 12.4. The number of hydrogen-bond acceptors (Lipinski definition) is 3. The van der Waals surface area contributed by atoms with E-state index in [9.17, 15) is 4.79 Å². The molecular formula is C14H23NO3. The molecule has 4 aliphatic carbocycles. The highest BCUT2D eigenvalue weighted by molar-refractivity contribution is 5.78. The molecule has 0 aliphatic heterocycles. The SMILES string of the molecule is CC(N)(COC12CC3CC(CC(C3)C1)C2)C(=O)O. The van der Waals surface area contributed by atoms with E-state index in [0.29, 0.717) is 0 Å². The number of rotatable bonds is 4. The molecule has 3 N–H and O–H groups in total. The van der Waals surface area contributed by atoms with Crippen molar-refractivity contribution in [3.63, 3.8) is 0 Å². The van der Waals surface area contributed by atoms with Crippen LogP contribution in [0, 0.1) is 17.8 Å². The molecule has 0 saturated heterocycles. The summed E-state index contributed by atoms with van der Waals surface area (Å²) >= 11 is 0. The number of carbonyl (C=O) groups is 1. The standard InChI is InChI=1S/C14H23NO3/c1-13(15,12(16)17)8-18-14-5-9-2-10(6-14)4-11(3-9)7-14/h9-11H,2-8,15H2,1H3,(H,16,17). The number of ether oxygens (including phenoxy) is 1. The number of hydrogen-bond donors (Lipinski definition) is 2. The minimum absolute atomic E-state index is 0.0508. The fourth-order valence-electron chi connectivity index (χ4n) is 4.57. The minimum atomic E-state index is -1.26. The Bertz CT molecular complexity index is 329. The zero-order valence-electron chi connectivity index (χ0n) is 11.0. The maximum absolute atomic E-state index is 11.0. The van der Waals surface area contributed by atoms with Gasteiger partial charge >= 0.3 is 5.97 Å². The van der Waals surface area contributed by atoms with Gasteiger partial charge in [-0.3, -0.25) is 4.79 Å². The summed E-state index contributed by atoms with van der Waals surface area (Å²) in [6, 6.07) is 0. The number of nitrogens with two attached hydrogens (primary N) is 1. The second-order valence-corrected chi connectivity index (χ2v) is 7.11. The second-order valence-electron chi connectivity index (χ2n) is 7.11. The lowest BCUT2D eigenvalue weighted by Crippen LogP contribution is -2.56. The predicted octanol–water partition coefficient (Wildman–Crippen LogP) is 1.77. The predicted molar refractivity (Wildman–Crippen MR) is 67.1 cm³/mol. The molecule has 0 heterocycles. The summed E-state index contributed by atoms with van der Waals surface area (Å²) in [5.74, 6) is 1.45. The number of aliphatic carboxylic acids is 1. The van der Waals surface area contributed by atoms with E-state index < -0.39 is 11.5 Å². The Hall–Kier alpha value is -0.610. The largest absolute Gasteiger partial charge is 0.480 e. The average molecular weight is 253 g/mol. The van der Waals surface area contributed by atoms with E-state index in [1.54, 1.807) is 0 Å². The highest BCUT2D eigenvalue weighted by Gasteiger charge is 2.52. The molecule has 0 radical (unpaired) electrons. The third-order valence-corrected chi connectivity index (χ3v) is 5.15. The average Bonchev–Trinajstić information content (AvgIpc) is 2.24. The van der Waals surface area contributed by atoms with E-state index in [-0.39, 0.29) is 12.2 Å². The van der Waals surface area contributed by atoms with Gasteiger partial charge in [-0.2, -0.15) is 0 Å². The van der Waals surface area contributed by atoms with Crippen LogP contribution in [0.3, 0.4) is 0 Å². The maximum Gasteiger partial charge on any atom is 0.325 e. The molecule has 1 atom stereocenters. The minimum Gasteiger partial charge on any atom is -0.480 e. The Morgan fingerprint density at radius 3 is 2.11 bits per heavy atom. The van der Waals surface area contributed by atoms with Gasteiger partial charge in [0.05, 0.1) is 12.2 Å². The van der Waals surface area contributed by atoms with Crippen LogP contribution in [0.5, 0.6) is 0 Å². The van der Waals surface area contributed by atoms with Crippen molar-refractivity contribution in [2.75, 3.05) is 6.61 Å². The van der Waals surface area contributed by atoms with Gasteiger partial charge in [-0.25, -0.2) is 0 Å². The summed E-state index contributed by atoms with van der Waals surface area (Å²) in [6.07, 6.45) is 7.45. The lowest BCUT2D eigenvalue weighted by Gasteiger charge is -2.56. The first-order chi connectivity index (χ1) is 8.39. The van der Waals surface area contributed by atoms with E-state index in [1.165, 1.54) is 26.2 Å². The monoisotopic (exact) mass is 253 g/mol. The fraction of sp³-hybridized carbons (Fsp3) is 0.929. The van der Waals surface area contributed by atoms with Crippen molar-refractivity contribution in [1.82, 2.24) is 0 Å². The van der Waals surface area contributed by atoms with Crippen molar-refractivity contribution in [2.24, 2.45) is 23.5 Å². The summed E-state index contributed by atoms with van der Waals surface area (Å²) in [7, 11) is 0. The molecule has 1 unspecified atom stereocenters. The van der Waals surface area contributed by atoms with Gasteiger partial charge in [0, 0.05) is 0 Å². The summed E-state index contributed by atoms with van der Waals surface area (Å²) in [5, 5.41) is 9.05. The van der Waals surface area contributed by atoms with Crippen molar-refractivity contribution in [3.05, 3.63) is 0 Å². The molecule has 102 valence electrons. The normalized spacial score (nSPS) is 44.9. The van der Waals surface area contributed by atoms with Crippen molar-refractivity contribution >= 4 is 5.97 Å². The van der Waals surface area contributed by atoms with Crippen molar-refractivity contribution in [2.45, 2.75) is 56.6 Å². The molecule has 4 heteroatoms. The maximum atomic E-state index is 11.0. The first-order valence-electron chi connectivity index (χ1n) is 7.05. The fourth-order valence-corrected chi connectivity index (χ4v) is 4.57. The van der Waals surface area contributed by atoms with Gasteiger partial charge in [-0.1, -0.05) is 0 Å².